The lowest BCUT2D eigenvalue weighted by Gasteiger charge is -2.10. The first-order valence-corrected chi connectivity index (χ1v) is 10.0. The fourth-order valence-electron chi connectivity index (χ4n) is 2.38. The van der Waals surface area contributed by atoms with Crippen LogP contribution in [0, 0.1) is 17.3 Å². The average Bonchev–Trinajstić information content (AvgIpc) is 2.66. The highest BCUT2D eigenvalue weighted by Crippen LogP contribution is 2.34. The van der Waals surface area contributed by atoms with Crippen molar-refractivity contribution < 1.29 is 19.6 Å². The van der Waals surface area contributed by atoms with Crippen molar-refractivity contribution in [1.29, 1.82) is 0 Å². The van der Waals surface area contributed by atoms with Crippen LogP contribution in [0.2, 0.25) is 0 Å². The number of carbonyl (C=O) groups is 1. The number of nitro groups is 1. The molecule has 9 heteroatoms. The Bertz CT molecular complexity index is 1060. The molecule has 0 saturated heterocycles. The van der Waals surface area contributed by atoms with Crippen LogP contribution >= 0.6 is 45.2 Å². The zero-order valence-corrected chi connectivity index (χ0v) is 18.4. The summed E-state index contributed by atoms with van der Waals surface area (Å²) in [7, 11) is 0. The monoisotopic (exact) mass is 602 g/mol. The molecule has 0 fully saturated rings. The Balaban J connectivity index is 1.88. The van der Waals surface area contributed by atoms with Crippen molar-refractivity contribution in [3.05, 3.63) is 83.5 Å². The van der Waals surface area contributed by atoms with E-state index in [1.165, 1.54) is 24.3 Å². The number of phenolic OH excluding ortho intramolecular Hbond substituents is 1. The van der Waals surface area contributed by atoms with Gasteiger partial charge in [-0.25, -0.2) is 0 Å². The van der Waals surface area contributed by atoms with Crippen molar-refractivity contribution >= 4 is 62.5 Å². The SMILES string of the molecule is O=C(Nc1ccc(Oc2ccccc2)c([N+](=O)[O-])c1)c1cc(I)cc(I)c1O. The van der Waals surface area contributed by atoms with E-state index in [0.717, 1.165) is 3.57 Å². The average molecular weight is 602 g/mol. The second-order valence-electron chi connectivity index (χ2n) is 5.59. The molecule has 0 unspecified atom stereocenters. The van der Waals surface area contributed by atoms with Crippen molar-refractivity contribution in [2.45, 2.75) is 0 Å². The van der Waals surface area contributed by atoms with Crippen LogP contribution in [0.3, 0.4) is 0 Å². The number of nitrogens with one attached hydrogen (secondary N) is 1. The summed E-state index contributed by atoms with van der Waals surface area (Å²) in [5.41, 5.74) is 0.0112. The molecular weight excluding hydrogens is 590 g/mol. The highest BCUT2D eigenvalue weighted by molar-refractivity contribution is 14.1. The largest absolute Gasteiger partial charge is 0.506 e. The maximum absolute atomic E-state index is 12.5. The number of hydrogen-bond acceptors (Lipinski definition) is 5. The molecule has 3 aromatic rings. The lowest BCUT2D eigenvalue weighted by Crippen LogP contribution is -2.13. The van der Waals surface area contributed by atoms with Gasteiger partial charge in [0.1, 0.15) is 11.5 Å². The molecule has 0 bridgehead atoms. The van der Waals surface area contributed by atoms with Gasteiger partial charge in [-0.05, 0) is 81.6 Å². The molecule has 0 aliphatic carbocycles. The zero-order valence-electron chi connectivity index (χ0n) is 14.1. The molecule has 0 aromatic heterocycles. The molecule has 7 nitrogen and oxygen atoms in total. The van der Waals surface area contributed by atoms with E-state index in [4.69, 9.17) is 4.74 Å². The Labute approximate surface area is 187 Å². The van der Waals surface area contributed by atoms with Gasteiger partial charge in [-0.3, -0.25) is 14.9 Å². The molecule has 142 valence electrons. The second-order valence-corrected chi connectivity index (χ2v) is 8.00. The maximum Gasteiger partial charge on any atom is 0.313 e. The molecule has 0 aliphatic heterocycles. The number of anilines is 1. The summed E-state index contributed by atoms with van der Waals surface area (Å²) >= 11 is 3.97. The topological polar surface area (TPSA) is 102 Å². The summed E-state index contributed by atoms with van der Waals surface area (Å²) in [4.78, 5) is 23.4. The Morgan fingerprint density at radius 2 is 1.79 bits per heavy atom. The van der Waals surface area contributed by atoms with Crippen molar-refractivity contribution in [3.63, 3.8) is 0 Å². The third kappa shape index (κ3) is 4.70. The van der Waals surface area contributed by atoms with E-state index < -0.39 is 10.8 Å². The number of hydrogen-bond donors (Lipinski definition) is 2. The van der Waals surface area contributed by atoms with Crippen LogP contribution < -0.4 is 10.1 Å². The van der Waals surface area contributed by atoms with Gasteiger partial charge in [0.15, 0.2) is 0 Å². The van der Waals surface area contributed by atoms with E-state index in [2.05, 4.69) is 5.32 Å². The number of ether oxygens (including phenoxy) is 1. The van der Waals surface area contributed by atoms with Crippen LogP contribution in [0.25, 0.3) is 0 Å². The van der Waals surface area contributed by atoms with Gasteiger partial charge in [0.2, 0.25) is 5.75 Å². The number of phenols is 1. The van der Waals surface area contributed by atoms with Gasteiger partial charge in [0, 0.05) is 15.3 Å². The molecule has 2 N–H and O–H groups in total. The Morgan fingerprint density at radius 1 is 1.07 bits per heavy atom. The first-order valence-electron chi connectivity index (χ1n) is 7.86. The molecule has 0 aliphatic rings. The predicted molar refractivity (Wildman–Crippen MR) is 121 cm³/mol. The third-order valence-corrected chi connectivity index (χ3v) is 5.10. The fourth-order valence-corrected chi connectivity index (χ4v) is 4.22. The quantitative estimate of drug-likeness (QED) is 0.227. The highest BCUT2D eigenvalue weighted by atomic mass is 127. The van der Waals surface area contributed by atoms with Crippen molar-refractivity contribution in [2.24, 2.45) is 0 Å². The molecule has 0 radical (unpaired) electrons. The number of rotatable bonds is 5. The molecule has 3 aromatic carbocycles. The van der Waals surface area contributed by atoms with E-state index in [1.54, 1.807) is 36.4 Å². The van der Waals surface area contributed by atoms with E-state index in [-0.39, 0.29) is 28.4 Å². The van der Waals surface area contributed by atoms with Crippen LogP contribution in [0.1, 0.15) is 10.4 Å². The Kier molecular flexibility index (Phi) is 6.34. The highest BCUT2D eigenvalue weighted by Gasteiger charge is 2.20. The molecule has 3 rings (SSSR count). The van der Waals surface area contributed by atoms with E-state index in [9.17, 15) is 20.0 Å². The standard InChI is InChI=1S/C19H12I2N2O5/c20-11-8-14(18(24)15(21)9-11)19(25)22-12-6-7-17(16(10-12)23(26)27)28-13-4-2-1-3-5-13/h1-10,24H,(H,22,25). The van der Waals surface area contributed by atoms with Gasteiger partial charge in [-0.15, -0.1) is 0 Å². The number of nitrogens with zero attached hydrogens (tertiary/aromatic N) is 1. The first-order chi connectivity index (χ1) is 13.3. The van der Waals surface area contributed by atoms with Gasteiger partial charge < -0.3 is 15.2 Å². The number of amides is 1. The molecule has 0 saturated carbocycles. The number of halogens is 2. The summed E-state index contributed by atoms with van der Waals surface area (Å²) in [6, 6.07) is 16.1. The normalized spacial score (nSPS) is 10.4. The Hall–Kier alpha value is -2.41. The van der Waals surface area contributed by atoms with Crippen molar-refractivity contribution in [1.82, 2.24) is 0 Å². The smallest absolute Gasteiger partial charge is 0.313 e. The predicted octanol–water partition coefficient (Wildman–Crippen LogP) is 5.55. The van der Waals surface area contributed by atoms with E-state index >= 15 is 0 Å². The van der Waals surface area contributed by atoms with Gasteiger partial charge in [0.05, 0.1) is 14.1 Å². The second kappa shape index (κ2) is 8.73. The fraction of sp³-hybridized carbons (Fsp3) is 0. The van der Waals surface area contributed by atoms with Gasteiger partial charge >= 0.3 is 5.69 Å². The summed E-state index contributed by atoms with van der Waals surface area (Å²) < 4.78 is 6.88. The summed E-state index contributed by atoms with van der Waals surface area (Å²) in [5.74, 6) is -0.196. The van der Waals surface area contributed by atoms with Gasteiger partial charge in [-0.1, -0.05) is 18.2 Å². The third-order valence-electron chi connectivity index (χ3n) is 3.66. The zero-order chi connectivity index (χ0) is 20.3. The molecule has 28 heavy (non-hydrogen) atoms. The number of benzene rings is 3. The number of aromatic hydroxyl groups is 1. The number of para-hydroxylation sites is 1. The summed E-state index contributed by atoms with van der Waals surface area (Å²) in [5, 5.41) is 24.1. The maximum atomic E-state index is 12.5. The van der Waals surface area contributed by atoms with E-state index in [1.807, 2.05) is 45.2 Å². The number of carbonyl (C=O) groups excluding carboxylic acids is 1. The lowest BCUT2D eigenvalue weighted by molar-refractivity contribution is -0.385. The summed E-state index contributed by atoms with van der Waals surface area (Å²) in [6.45, 7) is 0. The summed E-state index contributed by atoms with van der Waals surface area (Å²) in [6.07, 6.45) is 0. The molecule has 1 amide bonds. The van der Waals surface area contributed by atoms with Crippen molar-refractivity contribution in [2.75, 3.05) is 5.32 Å². The minimum atomic E-state index is -0.584. The van der Waals surface area contributed by atoms with Crippen LogP contribution in [0.5, 0.6) is 17.2 Å². The molecule has 0 atom stereocenters. The minimum Gasteiger partial charge on any atom is -0.506 e. The minimum absolute atomic E-state index is 0.0563. The van der Waals surface area contributed by atoms with Gasteiger partial charge in [-0.2, -0.15) is 0 Å². The van der Waals surface area contributed by atoms with Crippen LogP contribution in [-0.2, 0) is 0 Å². The lowest BCUT2D eigenvalue weighted by atomic mass is 10.1. The molecular formula is C19H12I2N2O5. The number of nitro benzene ring substituents is 1. The first kappa shape index (κ1) is 20.3. The van der Waals surface area contributed by atoms with Crippen LogP contribution in [0.4, 0.5) is 11.4 Å². The molecule has 0 heterocycles. The van der Waals surface area contributed by atoms with E-state index in [0.29, 0.717) is 9.32 Å². The van der Waals surface area contributed by atoms with Crippen LogP contribution in [0.15, 0.2) is 60.7 Å². The van der Waals surface area contributed by atoms with Crippen LogP contribution in [-0.4, -0.2) is 15.9 Å². The van der Waals surface area contributed by atoms with Gasteiger partial charge in [0.25, 0.3) is 5.91 Å². The molecule has 0 spiro atoms. The Morgan fingerprint density at radius 3 is 2.46 bits per heavy atom. The van der Waals surface area contributed by atoms with Crippen molar-refractivity contribution in [3.8, 4) is 17.2 Å².